The lowest BCUT2D eigenvalue weighted by Crippen LogP contribution is -2.70. The van der Waals surface area contributed by atoms with Gasteiger partial charge in [-0.05, 0) is 76.3 Å². The Morgan fingerprint density at radius 1 is 1.11 bits per heavy atom. The molecule has 1 aliphatic heterocycles. The Balaban J connectivity index is 1.59. The van der Waals surface area contributed by atoms with Crippen molar-refractivity contribution in [3.63, 3.8) is 0 Å². The molecule has 11 nitrogen and oxygen atoms in total. The van der Waals surface area contributed by atoms with E-state index >= 15 is 0 Å². The number of Topliss-reactive ketones (excluding diaryl/α,β-unsaturated/α-hetero) is 2. The number of benzene rings is 1. The summed E-state index contributed by atoms with van der Waals surface area (Å²) >= 11 is 0. The molecule has 0 radical (unpaired) electrons. The van der Waals surface area contributed by atoms with Crippen molar-refractivity contribution in [3.8, 4) is 5.75 Å². The van der Waals surface area contributed by atoms with E-state index in [-0.39, 0.29) is 16.9 Å². The fraction of sp³-hybridized carbons (Fsp3) is 0.606. The number of likely N-dealkylation sites (tertiary alicyclic amines) is 1. The van der Waals surface area contributed by atoms with Gasteiger partial charge in [0.05, 0.1) is 23.6 Å². The number of amides is 1. The molecule has 240 valence electrons. The second kappa shape index (κ2) is 11.3. The molecule has 1 amide bonds. The number of carbonyl (C=O) groups excluding carboxylic acids is 3. The first-order valence-corrected chi connectivity index (χ1v) is 15.5. The van der Waals surface area contributed by atoms with Gasteiger partial charge in [0.2, 0.25) is 5.78 Å². The van der Waals surface area contributed by atoms with Crippen molar-refractivity contribution in [3.05, 3.63) is 45.7 Å². The van der Waals surface area contributed by atoms with Crippen LogP contribution in [0.15, 0.2) is 29.0 Å². The molecule has 1 saturated heterocycles. The monoisotopic (exact) mass is 611 g/mol. The number of hydrogen-bond donors (Lipinski definition) is 6. The van der Waals surface area contributed by atoms with Crippen LogP contribution in [0.3, 0.4) is 0 Å². The highest BCUT2D eigenvalue weighted by Crippen LogP contribution is 2.57. The standard InChI is InChI=1S/C33H45N3O8/c1-16-17-10-11-18(32(2,3)12-9-15-36-13-7-6-8-14-36)25(37)20(17)26(38)21-19(16)27(39)23-24(35(4)5)28(40)22(31(34)43)30(42)33(23,44)29(21)41/h10-11,16,19,23-24,27,37-39,42,44H,6-9,12-15H2,1-5H3,(H2,34,43). The molecule has 6 unspecified atom stereocenters. The number of hydrogen-bond acceptors (Lipinski definition) is 10. The summed E-state index contributed by atoms with van der Waals surface area (Å²) in [5, 5.41) is 58.1. The third kappa shape index (κ3) is 4.67. The van der Waals surface area contributed by atoms with Gasteiger partial charge in [-0.15, -0.1) is 0 Å². The smallest absolute Gasteiger partial charge is 0.255 e. The number of fused-ring (bicyclic) bond motifs is 3. The molecule has 1 aromatic carbocycles. The van der Waals surface area contributed by atoms with Gasteiger partial charge in [-0.3, -0.25) is 19.3 Å². The summed E-state index contributed by atoms with van der Waals surface area (Å²) < 4.78 is 0. The summed E-state index contributed by atoms with van der Waals surface area (Å²) in [7, 11) is 2.97. The number of primary amides is 1. The predicted molar refractivity (Wildman–Crippen MR) is 163 cm³/mol. The summed E-state index contributed by atoms with van der Waals surface area (Å²) in [4.78, 5) is 43.6. The summed E-state index contributed by atoms with van der Waals surface area (Å²) in [5.41, 5.74) is 1.79. The highest BCUT2D eigenvalue weighted by atomic mass is 16.4. The van der Waals surface area contributed by atoms with E-state index in [0.29, 0.717) is 11.1 Å². The minimum Gasteiger partial charge on any atom is -0.508 e. The predicted octanol–water partition coefficient (Wildman–Crippen LogP) is 2.04. The zero-order chi connectivity index (χ0) is 32.5. The van der Waals surface area contributed by atoms with Gasteiger partial charge < -0.3 is 36.2 Å². The lowest BCUT2D eigenvalue weighted by molar-refractivity contribution is -0.169. The molecule has 5 rings (SSSR count). The van der Waals surface area contributed by atoms with Crippen LogP contribution in [0.4, 0.5) is 0 Å². The first kappa shape index (κ1) is 32.2. The molecule has 3 aliphatic carbocycles. The van der Waals surface area contributed by atoms with Crippen LogP contribution in [0.25, 0.3) is 5.76 Å². The second-order valence-corrected chi connectivity index (χ2v) is 13.9. The molecule has 1 saturated carbocycles. The largest absolute Gasteiger partial charge is 0.508 e. The quantitative estimate of drug-likeness (QED) is 0.249. The average Bonchev–Trinajstić information content (AvgIpc) is 2.95. The zero-order valence-corrected chi connectivity index (χ0v) is 26.1. The molecule has 1 aromatic rings. The Kier molecular flexibility index (Phi) is 8.24. The topological polar surface area (TPSA) is 185 Å². The number of nitrogens with two attached hydrogens (primary N) is 1. The highest BCUT2D eigenvalue weighted by Gasteiger charge is 2.68. The Morgan fingerprint density at radius 3 is 2.34 bits per heavy atom. The highest BCUT2D eigenvalue weighted by molar-refractivity contribution is 6.24. The van der Waals surface area contributed by atoms with E-state index < -0.39 is 75.5 Å². The third-order valence-electron chi connectivity index (χ3n) is 10.6. The molecular weight excluding hydrogens is 566 g/mol. The van der Waals surface area contributed by atoms with E-state index in [1.165, 1.54) is 38.3 Å². The van der Waals surface area contributed by atoms with Gasteiger partial charge in [0.15, 0.2) is 11.4 Å². The van der Waals surface area contributed by atoms with Crippen LogP contribution in [0.2, 0.25) is 0 Å². The van der Waals surface area contributed by atoms with Gasteiger partial charge in [-0.1, -0.05) is 39.3 Å². The van der Waals surface area contributed by atoms with Gasteiger partial charge in [0, 0.05) is 17.1 Å². The van der Waals surface area contributed by atoms with Crippen molar-refractivity contribution in [1.29, 1.82) is 0 Å². The molecule has 7 N–H and O–H groups in total. The van der Waals surface area contributed by atoms with Crippen LogP contribution in [0.1, 0.15) is 75.5 Å². The van der Waals surface area contributed by atoms with E-state index in [0.717, 1.165) is 32.5 Å². The Hall–Kier alpha value is -3.25. The van der Waals surface area contributed by atoms with Crippen LogP contribution in [0.5, 0.6) is 5.75 Å². The average molecular weight is 612 g/mol. The zero-order valence-electron chi connectivity index (χ0n) is 26.1. The van der Waals surface area contributed by atoms with Crippen molar-refractivity contribution >= 4 is 23.2 Å². The number of likely N-dealkylation sites (N-methyl/N-ethyl adjacent to an activating group) is 1. The number of aliphatic hydroxyl groups is 4. The molecule has 1 heterocycles. The third-order valence-corrected chi connectivity index (χ3v) is 10.6. The Labute approximate surface area is 257 Å². The van der Waals surface area contributed by atoms with Crippen molar-refractivity contribution in [2.45, 2.75) is 82.0 Å². The van der Waals surface area contributed by atoms with E-state index in [4.69, 9.17) is 5.73 Å². The molecule has 6 atom stereocenters. The molecule has 0 spiro atoms. The van der Waals surface area contributed by atoms with E-state index in [1.807, 2.05) is 19.9 Å². The number of nitrogens with zero attached hydrogens (tertiary/aromatic N) is 2. The fourth-order valence-corrected chi connectivity index (χ4v) is 8.22. The number of rotatable bonds is 7. The van der Waals surface area contributed by atoms with Crippen molar-refractivity contribution in [2.24, 2.45) is 17.6 Å². The number of aliphatic hydroxyl groups excluding tert-OH is 3. The first-order valence-electron chi connectivity index (χ1n) is 15.5. The van der Waals surface area contributed by atoms with Crippen molar-refractivity contribution < 1.29 is 39.9 Å². The summed E-state index contributed by atoms with van der Waals surface area (Å²) in [6.45, 7) is 8.90. The van der Waals surface area contributed by atoms with E-state index in [1.54, 1.807) is 13.0 Å². The minimum absolute atomic E-state index is 0.0302. The van der Waals surface area contributed by atoms with Crippen molar-refractivity contribution in [1.82, 2.24) is 9.80 Å². The molecule has 0 aromatic heterocycles. The lowest BCUT2D eigenvalue weighted by Gasteiger charge is -2.53. The second-order valence-electron chi connectivity index (χ2n) is 13.9. The van der Waals surface area contributed by atoms with Crippen LogP contribution < -0.4 is 5.73 Å². The first-order chi connectivity index (χ1) is 20.6. The van der Waals surface area contributed by atoms with Gasteiger partial charge in [0.25, 0.3) is 5.91 Å². The Morgan fingerprint density at radius 2 is 1.75 bits per heavy atom. The SMILES string of the molecule is CC1c2ccc(C(C)(C)CCCN3CCCCC3)c(O)c2C(O)=C2C(=O)C3(O)C(O)=C(C(N)=O)C(=O)C(N(C)C)C3C(O)C21. The van der Waals surface area contributed by atoms with Crippen LogP contribution in [0, 0.1) is 11.8 Å². The minimum atomic E-state index is -2.93. The van der Waals surface area contributed by atoms with Gasteiger partial charge >= 0.3 is 0 Å². The van der Waals surface area contributed by atoms with Crippen molar-refractivity contribution in [2.75, 3.05) is 33.7 Å². The molecule has 0 bridgehead atoms. The number of phenols is 1. The van der Waals surface area contributed by atoms with Crippen LogP contribution in [-0.4, -0.2) is 104 Å². The number of piperidine rings is 1. The normalized spacial score (nSPS) is 31.2. The summed E-state index contributed by atoms with van der Waals surface area (Å²) in [5.74, 6) is -8.76. The van der Waals surface area contributed by atoms with Gasteiger partial charge in [0.1, 0.15) is 22.8 Å². The molecule has 11 heteroatoms. The lowest BCUT2D eigenvalue weighted by atomic mass is 9.54. The molecule has 44 heavy (non-hydrogen) atoms. The maximum Gasteiger partial charge on any atom is 0.255 e. The van der Waals surface area contributed by atoms with E-state index in [2.05, 4.69) is 4.90 Å². The number of ketones is 2. The summed E-state index contributed by atoms with van der Waals surface area (Å²) in [6.07, 6.45) is 3.73. The summed E-state index contributed by atoms with van der Waals surface area (Å²) in [6, 6.07) is 2.22. The number of aromatic hydroxyl groups is 1. The van der Waals surface area contributed by atoms with Gasteiger partial charge in [-0.25, -0.2) is 0 Å². The van der Waals surface area contributed by atoms with Crippen LogP contribution in [-0.2, 0) is 19.8 Å². The maximum atomic E-state index is 14.2. The molecular formula is C33H45N3O8. The van der Waals surface area contributed by atoms with Crippen LogP contribution >= 0.6 is 0 Å². The van der Waals surface area contributed by atoms with E-state index in [9.17, 15) is 39.9 Å². The molecule has 4 aliphatic rings. The fourth-order valence-electron chi connectivity index (χ4n) is 8.22. The maximum absolute atomic E-state index is 14.2. The Bertz CT molecular complexity index is 1460. The molecule has 2 fully saturated rings. The number of phenolic OH excluding ortho intramolecular Hbond substituents is 1. The van der Waals surface area contributed by atoms with Gasteiger partial charge in [-0.2, -0.15) is 0 Å². The number of carbonyl (C=O) groups is 3.